The molecule has 0 spiro atoms. The van der Waals surface area contributed by atoms with E-state index in [-0.39, 0.29) is 6.54 Å². The van der Waals surface area contributed by atoms with Crippen molar-refractivity contribution in [1.82, 2.24) is 4.57 Å². The van der Waals surface area contributed by atoms with Gasteiger partial charge in [0.1, 0.15) is 5.82 Å². The molecule has 0 bridgehead atoms. The van der Waals surface area contributed by atoms with Crippen LogP contribution in [-0.2, 0) is 23.9 Å². The fourth-order valence-electron chi connectivity index (χ4n) is 4.57. The van der Waals surface area contributed by atoms with Gasteiger partial charge in [0.25, 0.3) is 0 Å². The second-order valence-electron chi connectivity index (χ2n) is 8.95. The first-order valence-corrected chi connectivity index (χ1v) is 11.7. The van der Waals surface area contributed by atoms with Crippen molar-refractivity contribution >= 4 is 34.3 Å². The number of rotatable bonds is 5. The van der Waals surface area contributed by atoms with E-state index in [2.05, 4.69) is 10.6 Å². The van der Waals surface area contributed by atoms with Gasteiger partial charge in [0.15, 0.2) is 0 Å². The Hall–Kier alpha value is -4.11. The highest BCUT2D eigenvalue weighted by Crippen LogP contribution is 2.31. The Morgan fingerprint density at radius 1 is 1.11 bits per heavy atom. The second-order valence-corrected chi connectivity index (χ2v) is 8.95. The smallest absolute Gasteiger partial charge is 0.391 e. The van der Waals surface area contributed by atoms with Crippen LogP contribution in [0.4, 0.5) is 28.9 Å². The number of nitrogens with zero attached hydrogens (tertiary/aromatic N) is 1. The topological polar surface area (TPSA) is 66.3 Å². The zero-order chi connectivity index (χ0) is 26.2. The maximum absolute atomic E-state index is 13.9. The second kappa shape index (κ2) is 9.74. The highest BCUT2D eigenvalue weighted by atomic mass is 19.4. The summed E-state index contributed by atoms with van der Waals surface area (Å²) in [5.41, 5.74) is 3.03. The molecule has 3 N–H and O–H groups in total. The summed E-state index contributed by atoms with van der Waals surface area (Å²) in [6.07, 6.45) is -1.77. The van der Waals surface area contributed by atoms with Crippen molar-refractivity contribution in [3.8, 4) is 0 Å². The van der Waals surface area contributed by atoms with Gasteiger partial charge in [-0.2, -0.15) is 13.2 Å². The van der Waals surface area contributed by atoms with Crippen LogP contribution in [0.3, 0.4) is 0 Å². The molecule has 0 radical (unpaired) electrons. The molecular weight excluding hydrogens is 486 g/mol. The molecule has 37 heavy (non-hydrogen) atoms. The molecule has 1 aliphatic heterocycles. The quantitative estimate of drug-likeness (QED) is 0.234. The third kappa shape index (κ3) is 5.36. The number of hydrogen-bond donors (Lipinski definition) is 3. The van der Waals surface area contributed by atoms with Gasteiger partial charge in [-0.05, 0) is 60.2 Å². The Balaban J connectivity index is 1.44. The predicted molar refractivity (Wildman–Crippen MR) is 135 cm³/mol. The first-order chi connectivity index (χ1) is 17.7. The molecule has 2 heterocycles. The van der Waals surface area contributed by atoms with Crippen LogP contribution in [0.2, 0.25) is 0 Å². The molecular formula is C28H23F4N3O2. The van der Waals surface area contributed by atoms with E-state index >= 15 is 0 Å². The Bertz CT molecular complexity index is 1510. The minimum atomic E-state index is -4.47. The molecule has 1 amide bonds. The summed E-state index contributed by atoms with van der Waals surface area (Å²) in [6.45, 7) is 0.525. The molecule has 5 rings (SSSR count). The van der Waals surface area contributed by atoms with Crippen LogP contribution < -0.4 is 10.6 Å². The number of aromatic nitrogens is 1. The van der Waals surface area contributed by atoms with Gasteiger partial charge in [0.05, 0.1) is 11.7 Å². The van der Waals surface area contributed by atoms with Crippen LogP contribution in [0.1, 0.15) is 22.4 Å². The van der Waals surface area contributed by atoms with E-state index in [1.165, 1.54) is 24.3 Å². The van der Waals surface area contributed by atoms with Gasteiger partial charge in [-0.1, -0.05) is 18.2 Å². The van der Waals surface area contributed by atoms with E-state index < -0.39 is 29.6 Å². The molecule has 1 aromatic heterocycles. The minimum Gasteiger partial charge on any atom is -0.391 e. The summed E-state index contributed by atoms with van der Waals surface area (Å²) in [5, 5.41) is 16.5. The van der Waals surface area contributed by atoms with Gasteiger partial charge in [0.2, 0.25) is 5.91 Å². The van der Waals surface area contributed by atoms with Gasteiger partial charge >= 0.3 is 6.18 Å². The lowest BCUT2D eigenvalue weighted by atomic mass is 9.99. The molecule has 0 saturated heterocycles. The summed E-state index contributed by atoms with van der Waals surface area (Å²) >= 11 is 0. The molecule has 190 valence electrons. The normalized spacial score (nSPS) is 15.5. The molecule has 0 fully saturated rings. The number of carbonyl (C=O) groups excluding carboxylic acids is 1. The number of fused-ring (bicyclic) bond motifs is 2. The van der Waals surface area contributed by atoms with E-state index in [9.17, 15) is 27.5 Å². The van der Waals surface area contributed by atoms with E-state index in [4.69, 9.17) is 0 Å². The molecule has 0 saturated carbocycles. The van der Waals surface area contributed by atoms with Gasteiger partial charge in [-0.3, -0.25) is 4.79 Å². The van der Waals surface area contributed by atoms with Crippen molar-refractivity contribution in [2.75, 3.05) is 17.2 Å². The Kier molecular flexibility index (Phi) is 6.47. The van der Waals surface area contributed by atoms with Crippen LogP contribution in [0.25, 0.3) is 17.0 Å². The van der Waals surface area contributed by atoms with Crippen molar-refractivity contribution in [3.05, 3.63) is 101 Å². The number of benzene rings is 3. The van der Waals surface area contributed by atoms with Crippen LogP contribution in [0, 0.1) is 5.82 Å². The molecule has 9 heteroatoms. The fraction of sp³-hybridized carbons (Fsp3) is 0.179. The number of hydrogen-bond acceptors (Lipinski definition) is 3. The number of alkyl halides is 3. The number of halogens is 4. The molecule has 3 aromatic carbocycles. The van der Waals surface area contributed by atoms with Crippen molar-refractivity contribution in [3.63, 3.8) is 0 Å². The van der Waals surface area contributed by atoms with Crippen molar-refractivity contribution in [1.29, 1.82) is 0 Å². The van der Waals surface area contributed by atoms with Gasteiger partial charge < -0.3 is 20.3 Å². The highest BCUT2D eigenvalue weighted by Gasteiger charge is 2.30. The summed E-state index contributed by atoms with van der Waals surface area (Å²) in [6, 6.07) is 16.3. The predicted octanol–water partition coefficient (Wildman–Crippen LogP) is 5.83. The minimum absolute atomic E-state index is 0.0933. The van der Waals surface area contributed by atoms with Gasteiger partial charge in [-0.15, -0.1) is 0 Å². The molecule has 0 aliphatic carbocycles. The third-order valence-electron chi connectivity index (χ3n) is 6.30. The van der Waals surface area contributed by atoms with Crippen molar-refractivity contribution in [2.24, 2.45) is 0 Å². The van der Waals surface area contributed by atoms with Crippen molar-refractivity contribution < 1.29 is 27.5 Å². The summed E-state index contributed by atoms with van der Waals surface area (Å²) in [7, 11) is 0. The highest BCUT2D eigenvalue weighted by molar-refractivity contribution is 6.03. The summed E-state index contributed by atoms with van der Waals surface area (Å²) in [5.74, 6) is -0.864. The average Bonchev–Trinajstić information content (AvgIpc) is 3.19. The van der Waals surface area contributed by atoms with E-state index in [1.807, 2.05) is 6.07 Å². The lowest BCUT2D eigenvalue weighted by Gasteiger charge is -2.24. The number of aliphatic hydroxyl groups excluding tert-OH is 1. The molecule has 4 aromatic rings. The summed E-state index contributed by atoms with van der Waals surface area (Å²) < 4.78 is 55.3. The number of amides is 1. The van der Waals surface area contributed by atoms with Crippen LogP contribution in [0.5, 0.6) is 0 Å². The standard InChI is InChI=1S/C28H23F4N3O2/c29-20-7-9-26-18(12-20)13-21(35(26)16-17-3-1-4-19(11-17)28(30,31)32)8-10-27(37)34-25-6-2-5-24-23(25)14-22(36)15-33-24/h1-13,22,33,36H,14-16H2,(H,34,37)/b10-8+. The average molecular weight is 510 g/mol. The monoisotopic (exact) mass is 509 g/mol. The third-order valence-corrected chi connectivity index (χ3v) is 6.30. The Morgan fingerprint density at radius 3 is 2.73 bits per heavy atom. The van der Waals surface area contributed by atoms with Gasteiger partial charge in [0, 0.05) is 59.1 Å². The number of β-amino-alcohol motifs (C(OH)–C–C–N with tert-alkyl or cyclic N) is 1. The first-order valence-electron chi connectivity index (χ1n) is 11.7. The maximum Gasteiger partial charge on any atom is 0.416 e. The lowest BCUT2D eigenvalue weighted by Crippen LogP contribution is -2.28. The zero-order valence-electron chi connectivity index (χ0n) is 19.5. The first kappa shape index (κ1) is 24.6. The molecule has 5 nitrogen and oxygen atoms in total. The Morgan fingerprint density at radius 2 is 1.92 bits per heavy atom. The van der Waals surface area contributed by atoms with Crippen LogP contribution >= 0.6 is 0 Å². The van der Waals surface area contributed by atoms with E-state index in [0.29, 0.717) is 40.8 Å². The van der Waals surface area contributed by atoms with Crippen molar-refractivity contribution in [2.45, 2.75) is 25.2 Å². The number of nitrogens with one attached hydrogen (secondary N) is 2. The molecule has 1 atom stereocenters. The molecule has 1 unspecified atom stereocenters. The summed E-state index contributed by atoms with van der Waals surface area (Å²) in [4.78, 5) is 12.8. The number of aliphatic hydroxyl groups is 1. The maximum atomic E-state index is 13.9. The Labute approximate surface area is 210 Å². The van der Waals surface area contributed by atoms with E-state index in [1.54, 1.807) is 41.0 Å². The SMILES string of the molecule is O=C(/C=C/c1cc2cc(F)ccc2n1Cc1cccc(C(F)(F)F)c1)Nc1cccc2c1CC(O)CN2. The van der Waals surface area contributed by atoms with Crippen LogP contribution in [-0.4, -0.2) is 28.2 Å². The van der Waals surface area contributed by atoms with Gasteiger partial charge in [-0.25, -0.2) is 4.39 Å². The number of anilines is 2. The lowest BCUT2D eigenvalue weighted by molar-refractivity contribution is -0.137. The molecule has 1 aliphatic rings. The fourth-order valence-corrected chi connectivity index (χ4v) is 4.57. The van der Waals surface area contributed by atoms with E-state index in [0.717, 1.165) is 23.4 Å². The van der Waals surface area contributed by atoms with Crippen LogP contribution in [0.15, 0.2) is 72.8 Å². The number of carbonyl (C=O) groups is 1. The zero-order valence-corrected chi connectivity index (χ0v) is 19.5. The largest absolute Gasteiger partial charge is 0.416 e.